The second-order valence-corrected chi connectivity index (χ2v) is 4.44. The van der Waals surface area contributed by atoms with Crippen LogP contribution in [0.5, 0.6) is 0 Å². The fourth-order valence-corrected chi connectivity index (χ4v) is 3.96. The van der Waals surface area contributed by atoms with Gasteiger partial charge >= 0.3 is 47.6 Å². The summed E-state index contributed by atoms with van der Waals surface area (Å²) < 4.78 is 3.10. The van der Waals surface area contributed by atoms with E-state index in [-0.39, 0.29) is 0 Å². The third kappa shape index (κ3) is 0.346. The van der Waals surface area contributed by atoms with Crippen LogP contribution in [-0.4, -0.2) is 8.86 Å². The number of hydrogen-bond donors (Lipinski definition) is 0. The summed E-state index contributed by atoms with van der Waals surface area (Å²) in [4.78, 5) is 0. The van der Waals surface area contributed by atoms with Crippen LogP contribution in [0, 0.1) is 0 Å². The van der Waals surface area contributed by atoms with E-state index in [1.807, 2.05) is 11.1 Å². The standard InChI is InChI=1S/C5H6I/c1-4-2-6-3-5(1)4/h1-3H2/q-1. The Morgan fingerprint density at radius 3 is 2.00 bits per heavy atom. The maximum atomic E-state index is 1.84. The molecule has 2 aliphatic rings. The molecule has 0 amide bonds. The van der Waals surface area contributed by atoms with Crippen molar-refractivity contribution in [2.45, 2.75) is 6.42 Å². The van der Waals surface area contributed by atoms with Gasteiger partial charge in [0.05, 0.1) is 0 Å². The molecule has 0 aromatic heterocycles. The molecule has 0 atom stereocenters. The molecule has 2 rings (SSSR count). The van der Waals surface area contributed by atoms with Crippen molar-refractivity contribution in [1.82, 2.24) is 0 Å². The van der Waals surface area contributed by atoms with E-state index in [4.69, 9.17) is 0 Å². The van der Waals surface area contributed by atoms with Crippen molar-refractivity contribution in [3.63, 3.8) is 0 Å². The zero-order chi connectivity index (χ0) is 3.98. The Balaban J connectivity index is 2.29. The summed E-state index contributed by atoms with van der Waals surface area (Å²) in [6.45, 7) is 0. The van der Waals surface area contributed by atoms with Crippen LogP contribution in [0.25, 0.3) is 0 Å². The van der Waals surface area contributed by atoms with Crippen molar-refractivity contribution in [2.24, 2.45) is 0 Å². The molecule has 1 heterocycles. The number of rotatable bonds is 0. The fourth-order valence-electron chi connectivity index (χ4n) is 0.772. The predicted octanol–water partition coefficient (Wildman–Crippen LogP) is -2.21. The molecule has 0 spiro atoms. The summed E-state index contributed by atoms with van der Waals surface area (Å²) in [5.74, 6) is 0. The van der Waals surface area contributed by atoms with E-state index in [2.05, 4.69) is 0 Å². The van der Waals surface area contributed by atoms with Gasteiger partial charge in [-0.05, 0) is 0 Å². The molecule has 0 fully saturated rings. The van der Waals surface area contributed by atoms with Crippen LogP contribution in [0.3, 0.4) is 0 Å². The van der Waals surface area contributed by atoms with E-state index in [9.17, 15) is 0 Å². The van der Waals surface area contributed by atoms with Crippen molar-refractivity contribution in [2.75, 3.05) is 8.86 Å². The van der Waals surface area contributed by atoms with E-state index in [0.717, 1.165) is 0 Å². The molecule has 0 aromatic carbocycles. The molecule has 0 radical (unpaired) electrons. The van der Waals surface area contributed by atoms with Gasteiger partial charge in [0.25, 0.3) is 0 Å². The molecular formula is C5H6I-. The zero-order valence-electron chi connectivity index (χ0n) is 3.50. The molecule has 6 heavy (non-hydrogen) atoms. The van der Waals surface area contributed by atoms with E-state index in [0.29, 0.717) is 21.2 Å². The minimum atomic E-state index is 0.678. The summed E-state index contributed by atoms with van der Waals surface area (Å²) in [5, 5.41) is 0. The molecule has 1 heteroatoms. The second-order valence-electron chi connectivity index (χ2n) is 1.84. The van der Waals surface area contributed by atoms with Gasteiger partial charge < -0.3 is 0 Å². The van der Waals surface area contributed by atoms with E-state index in [1.54, 1.807) is 8.86 Å². The third-order valence-corrected chi connectivity index (χ3v) is 4.23. The van der Waals surface area contributed by atoms with Gasteiger partial charge in [-0.1, -0.05) is 0 Å². The molecule has 1 aliphatic carbocycles. The number of allylic oxidation sites excluding steroid dienone is 2. The van der Waals surface area contributed by atoms with E-state index >= 15 is 0 Å². The average Bonchev–Trinajstić information content (AvgIpc) is 2.17. The van der Waals surface area contributed by atoms with E-state index in [1.165, 1.54) is 6.42 Å². The van der Waals surface area contributed by atoms with Crippen molar-refractivity contribution in [3.8, 4) is 0 Å². The van der Waals surface area contributed by atoms with Gasteiger partial charge in [-0.15, -0.1) is 0 Å². The quantitative estimate of drug-likeness (QED) is 0.232. The topological polar surface area (TPSA) is 0 Å². The van der Waals surface area contributed by atoms with Crippen LogP contribution >= 0.6 is 0 Å². The Bertz CT molecular complexity index is 101. The summed E-state index contributed by atoms with van der Waals surface area (Å²) in [7, 11) is 0. The van der Waals surface area contributed by atoms with Crippen molar-refractivity contribution in [3.05, 3.63) is 11.1 Å². The average molecular weight is 193 g/mol. The van der Waals surface area contributed by atoms with Crippen LogP contribution in [0.4, 0.5) is 0 Å². The molecule has 0 saturated heterocycles. The first-order valence-electron chi connectivity index (χ1n) is 2.20. The molecule has 0 nitrogen and oxygen atoms in total. The SMILES string of the molecule is C1[I-]CC2=C1C2. The molecule has 1 aliphatic heterocycles. The maximum absolute atomic E-state index is 1.84. The zero-order valence-corrected chi connectivity index (χ0v) is 5.66. The molecular weight excluding hydrogens is 187 g/mol. The van der Waals surface area contributed by atoms with Gasteiger partial charge in [-0.3, -0.25) is 0 Å². The first kappa shape index (κ1) is 3.47. The van der Waals surface area contributed by atoms with Crippen LogP contribution in [0.15, 0.2) is 11.1 Å². The summed E-state index contributed by atoms with van der Waals surface area (Å²) >= 11 is 0.678. The molecule has 0 unspecified atom stereocenters. The van der Waals surface area contributed by atoms with Crippen LogP contribution in [0.1, 0.15) is 6.42 Å². The van der Waals surface area contributed by atoms with Gasteiger partial charge in [-0.25, -0.2) is 0 Å². The second kappa shape index (κ2) is 0.997. The fraction of sp³-hybridized carbons (Fsp3) is 0.600. The predicted molar refractivity (Wildman–Crippen MR) is 21.4 cm³/mol. The first-order chi connectivity index (χ1) is 2.97. The Labute approximate surface area is 47.9 Å². The summed E-state index contributed by atoms with van der Waals surface area (Å²) in [6.07, 6.45) is 1.44. The Kier molecular flexibility index (Phi) is 0.576. The number of alkyl halides is 2. The summed E-state index contributed by atoms with van der Waals surface area (Å²) in [6, 6.07) is 0. The van der Waals surface area contributed by atoms with Gasteiger partial charge in [0.2, 0.25) is 0 Å². The third-order valence-electron chi connectivity index (χ3n) is 1.31. The molecule has 0 aromatic rings. The normalized spacial score (nSPS) is 29.3. The van der Waals surface area contributed by atoms with Crippen LogP contribution in [-0.2, 0) is 0 Å². The monoisotopic (exact) mass is 193 g/mol. The van der Waals surface area contributed by atoms with Crippen molar-refractivity contribution >= 4 is 0 Å². The van der Waals surface area contributed by atoms with Crippen molar-refractivity contribution < 1.29 is 21.2 Å². The van der Waals surface area contributed by atoms with Gasteiger partial charge in [0.1, 0.15) is 0 Å². The van der Waals surface area contributed by atoms with Gasteiger partial charge in [0, 0.05) is 0 Å². The molecule has 0 bridgehead atoms. The molecule has 0 N–H and O–H groups in total. The van der Waals surface area contributed by atoms with Gasteiger partial charge in [-0.2, -0.15) is 0 Å². The first-order valence-corrected chi connectivity index (χ1v) is 5.25. The molecule has 34 valence electrons. The van der Waals surface area contributed by atoms with Gasteiger partial charge in [0.15, 0.2) is 0 Å². The van der Waals surface area contributed by atoms with Crippen LogP contribution in [0.2, 0.25) is 0 Å². The Hall–Kier alpha value is 0.470. The molecule has 0 saturated carbocycles. The van der Waals surface area contributed by atoms with Crippen molar-refractivity contribution in [1.29, 1.82) is 0 Å². The number of halogens is 1. The summed E-state index contributed by atoms with van der Waals surface area (Å²) in [5.41, 5.74) is 3.67. The Morgan fingerprint density at radius 2 is 1.83 bits per heavy atom. The van der Waals surface area contributed by atoms with E-state index < -0.39 is 0 Å². The minimum absolute atomic E-state index is 0.678. The van der Waals surface area contributed by atoms with Crippen LogP contribution < -0.4 is 21.2 Å². The Morgan fingerprint density at radius 1 is 1.17 bits per heavy atom. The number of hydrogen-bond acceptors (Lipinski definition) is 0.